The lowest BCUT2D eigenvalue weighted by Crippen LogP contribution is -1.78. The summed E-state index contributed by atoms with van der Waals surface area (Å²) in [6.07, 6.45) is 15.9. The van der Waals surface area contributed by atoms with E-state index in [0.717, 1.165) is 0 Å². The first-order valence-corrected chi connectivity index (χ1v) is 6.11. The molecule has 0 aromatic heterocycles. The molecule has 0 aromatic rings. The summed E-state index contributed by atoms with van der Waals surface area (Å²) in [5.41, 5.74) is 1.57. The third-order valence-electron chi connectivity index (χ3n) is 2.35. The van der Waals surface area contributed by atoms with E-state index in [1.165, 1.54) is 44.9 Å². The zero-order valence-electron chi connectivity index (χ0n) is 10.2. The van der Waals surface area contributed by atoms with Crippen LogP contribution in [-0.4, -0.2) is 0 Å². The quantitative estimate of drug-likeness (QED) is 0.365. The van der Waals surface area contributed by atoms with E-state index < -0.39 is 0 Å². The van der Waals surface area contributed by atoms with Crippen LogP contribution >= 0.6 is 0 Å². The molecule has 0 bridgehead atoms. The van der Waals surface area contributed by atoms with Gasteiger partial charge in [0.25, 0.3) is 0 Å². The van der Waals surface area contributed by atoms with E-state index in [0.29, 0.717) is 0 Å². The molecule has 0 saturated heterocycles. The Labute approximate surface area is 90.1 Å². The van der Waals surface area contributed by atoms with Gasteiger partial charge in [0.15, 0.2) is 0 Å². The van der Waals surface area contributed by atoms with Gasteiger partial charge in [-0.2, -0.15) is 0 Å². The highest BCUT2D eigenvalue weighted by Gasteiger charge is 1.88. The van der Waals surface area contributed by atoms with E-state index in [9.17, 15) is 0 Å². The van der Waals surface area contributed by atoms with Gasteiger partial charge in [0.05, 0.1) is 0 Å². The van der Waals surface area contributed by atoms with Gasteiger partial charge in [-0.25, -0.2) is 0 Å². The molecule has 0 unspecified atom stereocenters. The Morgan fingerprint density at radius 3 is 2.21 bits per heavy atom. The van der Waals surface area contributed by atoms with Gasteiger partial charge in [-0.05, 0) is 39.0 Å². The highest BCUT2D eigenvalue weighted by atomic mass is 13.9. The summed E-state index contributed by atoms with van der Waals surface area (Å²) in [7, 11) is 0. The van der Waals surface area contributed by atoms with Crippen molar-refractivity contribution in [3.63, 3.8) is 0 Å². The standard InChI is InChI=1S/C14H26/c1-4-6-8-9-10-11-13-14(3)12-7-5-2/h8-9,12H,4-7,10-11,13H2,1-3H3. The molecule has 0 aliphatic rings. The largest absolute Gasteiger partial charge is 0.0885 e. The van der Waals surface area contributed by atoms with Gasteiger partial charge < -0.3 is 0 Å². The first-order valence-electron chi connectivity index (χ1n) is 6.11. The lowest BCUT2D eigenvalue weighted by Gasteiger charge is -1.98. The minimum Gasteiger partial charge on any atom is -0.0885 e. The molecule has 14 heavy (non-hydrogen) atoms. The second kappa shape index (κ2) is 10.6. The van der Waals surface area contributed by atoms with Crippen molar-refractivity contribution in [3.8, 4) is 0 Å². The fourth-order valence-corrected chi connectivity index (χ4v) is 1.39. The molecule has 0 rings (SSSR count). The van der Waals surface area contributed by atoms with Gasteiger partial charge >= 0.3 is 0 Å². The maximum Gasteiger partial charge on any atom is -0.0320 e. The summed E-state index contributed by atoms with van der Waals surface area (Å²) in [5.74, 6) is 0. The Kier molecular flexibility index (Phi) is 10.2. The van der Waals surface area contributed by atoms with Crippen LogP contribution in [0.15, 0.2) is 23.8 Å². The van der Waals surface area contributed by atoms with E-state index in [2.05, 4.69) is 39.0 Å². The summed E-state index contributed by atoms with van der Waals surface area (Å²) < 4.78 is 0. The van der Waals surface area contributed by atoms with Crippen molar-refractivity contribution in [1.29, 1.82) is 0 Å². The van der Waals surface area contributed by atoms with Crippen molar-refractivity contribution in [1.82, 2.24) is 0 Å². The molecule has 0 saturated carbocycles. The van der Waals surface area contributed by atoms with Crippen molar-refractivity contribution < 1.29 is 0 Å². The molecular formula is C14H26. The molecule has 0 heterocycles. The monoisotopic (exact) mass is 194 g/mol. The van der Waals surface area contributed by atoms with E-state index in [-0.39, 0.29) is 0 Å². The molecule has 0 aliphatic heterocycles. The minimum absolute atomic E-state index is 1.24. The van der Waals surface area contributed by atoms with E-state index in [4.69, 9.17) is 0 Å². The summed E-state index contributed by atoms with van der Waals surface area (Å²) in [6, 6.07) is 0. The van der Waals surface area contributed by atoms with Gasteiger partial charge in [-0.3, -0.25) is 0 Å². The third-order valence-corrected chi connectivity index (χ3v) is 2.35. The second-order valence-corrected chi connectivity index (χ2v) is 3.99. The lowest BCUT2D eigenvalue weighted by molar-refractivity contribution is 0.816. The van der Waals surface area contributed by atoms with E-state index in [1.54, 1.807) is 5.57 Å². The average Bonchev–Trinajstić information content (AvgIpc) is 2.20. The number of allylic oxidation sites excluding steroid dienone is 4. The Balaban J connectivity index is 3.35. The summed E-state index contributed by atoms with van der Waals surface area (Å²) in [4.78, 5) is 0. The van der Waals surface area contributed by atoms with E-state index >= 15 is 0 Å². The Hall–Kier alpha value is -0.520. The molecule has 0 heteroatoms. The molecule has 82 valence electrons. The third kappa shape index (κ3) is 9.57. The van der Waals surface area contributed by atoms with Crippen molar-refractivity contribution >= 4 is 0 Å². The van der Waals surface area contributed by atoms with Gasteiger partial charge in [0.2, 0.25) is 0 Å². The molecule has 0 N–H and O–H groups in total. The van der Waals surface area contributed by atoms with Crippen molar-refractivity contribution in [2.45, 2.75) is 65.7 Å². The molecular weight excluding hydrogens is 168 g/mol. The van der Waals surface area contributed by atoms with Crippen molar-refractivity contribution in [2.75, 3.05) is 0 Å². The van der Waals surface area contributed by atoms with Crippen LogP contribution < -0.4 is 0 Å². The van der Waals surface area contributed by atoms with Crippen LogP contribution in [0.1, 0.15) is 65.7 Å². The molecule has 0 aromatic carbocycles. The van der Waals surface area contributed by atoms with Crippen LogP contribution in [0.5, 0.6) is 0 Å². The smallest absolute Gasteiger partial charge is 0.0320 e. The predicted octanol–water partition coefficient (Wildman–Crippen LogP) is 5.26. The Morgan fingerprint density at radius 1 is 0.929 bits per heavy atom. The number of unbranched alkanes of at least 4 members (excludes halogenated alkanes) is 3. The zero-order valence-corrected chi connectivity index (χ0v) is 10.2. The molecule has 0 amide bonds. The molecule has 0 atom stereocenters. The Bertz CT molecular complexity index is 163. The molecule has 0 spiro atoms. The van der Waals surface area contributed by atoms with Crippen molar-refractivity contribution in [3.05, 3.63) is 23.8 Å². The van der Waals surface area contributed by atoms with Crippen molar-refractivity contribution in [2.24, 2.45) is 0 Å². The van der Waals surface area contributed by atoms with Crippen LogP contribution in [-0.2, 0) is 0 Å². The average molecular weight is 194 g/mol. The summed E-state index contributed by atoms with van der Waals surface area (Å²) in [5, 5.41) is 0. The second-order valence-electron chi connectivity index (χ2n) is 3.99. The highest BCUT2D eigenvalue weighted by Crippen LogP contribution is 2.08. The SMILES string of the molecule is CCCC=CCCCC(C)=CCCC. The fraction of sp³-hybridized carbons (Fsp3) is 0.714. The topological polar surface area (TPSA) is 0 Å². The predicted molar refractivity (Wildman–Crippen MR) is 66.6 cm³/mol. The van der Waals surface area contributed by atoms with E-state index in [1.807, 2.05) is 0 Å². The first kappa shape index (κ1) is 13.5. The van der Waals surface area contributed by atoms with Gasteiger partial charge in [-0.1, -0.05) is 50.5 Å². The Morgan fingerprint density at radius 2 is 1.57 bits per heavy atom. The number of hydrogen-bond donors (Lipinski definition) is 0. The van der Waals surface area contributed by atoms with Gasteiger partial charge in [0, 0.05) is 0 Å². The van der Waals surface area contributed by atoms with Crippen LogP contribution in [0.2, 0.25) is 0 Å². The minimum atomic E-state index is 1.24. The van der Waals surface area contributed by atoms with Gasteiger partial charge in [-0.15, -0.1) is 0 Å². The van der Waals surface area contributed by atoms with Crippen LogP contribution in [0.25, 0.3) is 0 Å². The number of rotatable bonds is 8. The van der Waals surface area contributed by atoms with Crippen LogP contribution in [0.4, 0.5) is 0 Å². The number of hydrogen-bond acceptors (Lipinski definition) is 0. The zero-order chi connectivity index (χ0) is 10.6. The maximum absolute atomic E-state index is 2.38. The summed E-state index contributed by atoms with van der Waals surface area (Å²) in [6.45, 7) is 6.71. The lowest BCUT2D eigenvalue weighted by atomic mass is 10.1. The van der Waals surface area contributed by atoms with Crippen LogP contribution in [0.3, 0.4) is 0 Å². The fourth-order valence-electron chi connectivity index (χ4n) is 1.39. The maximum atomic E-state index is 2.38. The molecule has 0 fully saturated rings. The molecule has 0 nitrogen and oxygen atoms in total. The van der Waals surface area contributed by atoms with Crippen LogP contribution in [0, 0.1) is 0 Å². The first-order chi connectivity index (χ1) is 6.81. The van der Waals surface area contributed by atoms with Gasteiger partial charge in [0.1, 0.15) is 0 Å². The summed E-state index contributed by atoms with van der Waals surface area (Å²) >= 11 is 0. The molecule has 0 aliphatic carbocycles. The highest BCUT2D eigenvalue weighted by molar-refractivity contribution is 4.98. The molecule has 0 radical (unpaired) electrons. The normalized spacial score (nSPS) is 12.6.